The van der Waals surface area contributed by atoms with Crippen LogP contribution in [-0.4, -0.2) is 12.4 Å². The second kappa shape index (κ2) is 7.43. The molecule has 2 heteroatoms. The summed E-state index contributed by atoms with van der Waals surface area (Å²) in [6.45, 7) is 11.2. The highest BCUT2D eigenvalue weighted by molar-refractivity contribution is 5.29. The van der Waals surface area contributed by atoms with E-state index in [2.05, 4.69) is 58.9 Å². The van der Waals surface area contributed by atoms with Gasteiger partial charge in [-0.1, -0.05) is 46.8 Å². The molecule has 0 amide bonds. The highest BCUT2D eigenvalue weighted by Gasteiger charge is 2.50. The van der Waals surface area contributed by atoms with Gasteiger partial charge in [0.1, 0.15) is 5.75 Å². The fourth-order valence-electron chi connectivity index (χ4n) is 5.88. The zero-order valence-corrected chi connectivity index (χ0v) is 17.9. The van der Waals surface area contributed by atoms with Crippen molar-refractivity contribution < 1.29 is 9.47 Å². The largest absolute Gasteiger partial charge is 0.464 e. The maximum atomic E-state index is 6.77. The minimum Gasteiger partial charge on any atom is -0.464 e. The molecule has 0 saturated heterocycles. The van der Waals surface area contributed by atoms with Crippen LogP contribution in [0.4, 0.5) is 0 Å². The lowest BCUT2D eigenvalue weighted by Crippen LogP contribution is -2.52. The molecule has 4 bridgehead atoms. The normalized spacial score (nSPS) is 34.5. The maximum Gasteiger partial charge on any atom is 0.204 e. The average molecular weight is 371 g/mol. The molecule has 2 atom stereocenters. The van der Waals surface area contributed by atoms with E-state index < -0.39 is 0 Å². The van der Waals surface area contributed by atoms with Crippen LogP contribution in [0.15, 0.2) is 24.3 Å². The number of rotatable bonds is 6. The summed E-state index contributed by atoms with van der Waals surface area (Å²) in [6.07, 6.45) is 8.42. The quantitative estimate of drug-likeness (QED) is 0.513. The Labute approximate surface area is 166 Å². The minimum absolute atomic E-state index is 0.0377. The number of hydrogen-bond acceptors (Lipinski definition) is 2. The molecular formula is C25H38O2. The van der Waals surface area contributed by atoms with Crippen molar-refractivity contribution in [3.63, 3.8) is 0 Å². The summed E-state index contributed by atoms with van der Waals surface area (Å²) in [5.74, 6) is 5.03. The first-order valence-corrected chi connectivity index (χ1v) is 11.3. The van der Waals surface area contributed by atoms with Crippen LogP contribution < -0.4 is 4.74 Å². The molecule has 0 aliphatic heterocycles. The Balaban J connectivity index is 1.46. The minimum atomic E-state index is -0.186. The van der Waals surface area contributed by atoms with Crippen LogP contribution in [0.5, 0.6) is 5.75 Å². The summed E-state index contributed by atoms with van der Waals surface area (Å²) in [7, 11) is 0. The van der Waals surface area contributed by atoms with Gasteiger partial charge in [-0.15, -0.1) is 0 Å². The molecule has 4 aliphatic carbocycles. The summed E-state index contributed by atoms with van der Waals surface area (Å²) in [5.41, 5.74) is 1.35. The third-order valence-electron chi connectivity index (χ3n) is 7.43. The lowest BCUT2D eigenvalue weighted by atomic mass is 9.55. The molecule has 0 spiro atoms. The van der Waals surface area contributed by atoms with E-state index in [1.807, 2.05) is 0 Å². The molecule has 4 fully saturated rings. The zero-order valence-electron chi connectivity index (χ0n) is 17.9. The first-order chi connectivity index (χ1) is 12.8. The summed E-state index contributed by atoms with van der Waals surface area (Å²) < 4.78 is 13.2. The van der Waals surface area contributed by atoms with Crippen molar-refractivity contribution in [1.82, 2.24) is 0 Å². The van der Waals surface area contributed by atoms with Gasteiger partial charge in [-0.25, -0.2) is 0 Å². The first kappa shape index (κ1) is 19.3. The van der Waals surface area contributed by atoms with Crippen molar-refractivity contribution in [3.05, 3.63) is 29.8 Å². The average Bonchev–Trinajstić information content (AvgIpc) is 2.62. The van der Waals surface area contributed by atoms with Gasteiger partial charge in [0, 0.05) is 5.41 Å². The molecule has 27 heavy (non-hydrogen) atoms. The van der Waals surface area contributed by atoms with Crippen molar-refractivity contribution >= 4 is 0 Å². The van der Waals surface area contributed by atoms with E-state index in [1.165, 1.54) is 44.1 Å². The van der Waals surface area contributed by atoms with Crippen molar-refractivity contribution in [2.24, 2.45) is 29.1 Å². The molecule has 2 nitrogen and oxygen atoms in total. The Morgan fingerprint density at radius 3 is 1.96 bits per heavy atom. The predicted octanol–water partition coefficient (Wildman–Crippen LogP) is 6.79. The molecule has 2 unspecified atom stereocenters. The van der Waals surface area contributed by atoms with Crippen LogP contribution in [-0.2, 0) is 4.74 Å². The Morgan fingerprint density at radius 1 is 0.926 bits per heavy atom. The van der Waals surface area contributed by atoms with E-state index in [9.17, 15) is 0 Å². The molecule has 0 aromatic heterocycles. The van der Waals surface area contributed by atoms with Crippen LogP contribution in [0.3, 0.4) is 0 Å². The predicted molar refractivity (Wildman–Crippen MR) is 111 cm³/mol. The van der Waals surface area contributed by atoms with Gasteiger partial charge in [-0.05, 0) is 85.8 Å². The molecule has 0 radical (unpaired) electrons. The number of hydrogen-bond donors (Lipinski definition) is 0. The highest BCUT2D eigenvalue weighted by Crippen LogP contribution is 2.55. The van der Waals surface area contributed by atoms with Gasteiger partial charge >= 0.3 is 0 Å². The summed E-state index contributed by atoms with van der Waals surface area (Å²) in [6, 6.07) is 8.68. The third-order valence-corrected chi connectivity index (χ3v) is 7.43. The van der Waals surface area contributed by atoms with Gasteiger partial charge in [-0.3, -0.25) is 0 Å². The van der Waals surface area contributed by atoms with E-state index >= 15 is 0 Å². The zero-order chi connectivity index (χ0) is 19.2. The van der Waals surface area contributed by atoms with Gasteiger partial charge in [0.15, 0.2) is 0 Å². The maximum absolute atomic E-state index is 6.77. The molecule has 4 aliphatic rings. The molecule has 1 aromatic rings. The molecule has 4 saturated carbocycles. The van der Waals surface area contributed by atoms with Crippen LogP contribution in [0.25, 0.3) is 0 Å². The third kappa shape index (κ3) is 4.06. The van der Waals surface area contributed by atoms with Crippen LogP contribution >= 0.6 is 0 Å². The Bertz CT molecular complexity index is 599. The summed E-state index contributed by atoms with van der Waals surface area (Å²) in [5, 5.41) is 0. The van der Waals surface area contributed by atoms with Gasteiger partial charge in [0.25, 0.3) is 0 Å². The van der Waals surface area contributed by atoms with Crippen molar-refractivity contribution in [3.8, 4) is 5.75 Å². The van der Waals surface area contributed by atoms with Crippen LogP contribution in [0.2, 0.25) is 0 Å². The fraction of sp³-hybridized carbons (Fsp3) is 0.760. The fourth-order valence-corrected chi connectivity index (χ4v) is 5.88. The van der Waals surface area contributed by atoms with Gasteiger partial charge in [0.05, 0.1) is 6.10 Å². The molecule has 0 heterocycles. The van der Waals surface area contributed by atoms with Crippen molar-refractivity contribution in [1.29, 1.82) is 0 Å². The topological polar surface area (TPSA) is 18.5 Å². The Kier molecular flexibility index (Phi) is 5.31. The van der Waals surface area contributed by atoms with Gasteiger partial charge in [-0.2, -0.15) is 0 Å². The summed E-state index contributed by atoms with van der Waals surface area (Å²) >= 11 is 0. The van der Waals surface area contributed by atoms with E-state index in [0.29, 0.717) is 12.0 Å². The smallest absolute Gasteiger partial charge is 0.204 e. The van der Waals surface area contributed by atoms with Gasteiger partial charge in [0.2, 0.25) is 6.29 Å². The molecular weight excluding hydrogens is 332 g/mol. The highest BCUT2D eigenvalue weighted by atomic mass is 16.7. The van der Waals surface area contributed by atoms with Crippen molar-refractivity contribution in [2.45, 2.75) is 91.5 Å². The molecule has 1 aromatic carbocycles. The van der Waals surface area contributed by atoms with Crippen LogP contribution in [0.1, 0.15) is 84.6 Å². The van der Waals surface area contributed by atoms with Crippen LogP contribution in [0, 0.1) is 29.1 Å². The SMILES string of the molecule is CCC(C)c1ccc(OC(OC2C3CC4CC(C3)CC2C4)C(C)(C)C)cc1. The van der Waals surface area contributed by atoms with E-state index in [-0.39, 0.29) is 11.7 Å². The lowest BCUT2D eigenvalue weighted by molar-refractivity contribution is -0.228. The van der Waals surface area contributed by atoms with E-state index in [4.69, 9.17) is 9.47 Å². The monoisotopic (exact) mass is 370 g/mol. The molecule has 0 N–H and O–H groups in total. The standard InChI is InChI=1S/C25H38O2/c1-6-16(2)19-7-9-22(10-8-19)26-24(25(3,4)5)27-23-20-12-17-11-18(14-20)15-21(23)13-17/h7-10,16-18,20-21,23-24H,6,11-15H2,1-5H3. The number of ether oxygens (including phenoxy) is 2. The number of benzene rings is 1. The Hall–Kier alpha value is -1.02. The lowest BCUT2D eigenvalue weighted by Gasteiger charge is -2.55. The second-order valence-electron chi connectivity index (χ2n) is 10.7. The van der Waals surface area contributed by atoms with Crippen molar-refractivity contribution in [2.75, 3.05) is 0 Å². The summed E-state index contributed by atoms with van der Waals surface area (Å²) in [4.78, 5) is 0. The first-order valence-electron chi connectivity index (χ1n) is 11.3. The van der Waals surface area contributed by atoms with Gasteiger partial charge < -0.3 is 9.47 Å². The van der Waals surface area contributed by atoms with E-state index in [0.717, 1.165) is 29.4 Å². The Morgan fingerprint density at radius 2 is 1.48 bits per heavy atom. The molecule has 150 valence electrons. The molecule has 5 rings (SSSR count). The second-order valence-corrected chi connectivity index (χ2v) is 10.7. The van der Waals surface area contributed by atoms with E-state index in [1.54, 1.807) is 0 Å².